The smallest absolute Gasteiger partial charge is 0.223 e. The van der Waals surface area contributed by atoms with Gasteiger partial charge < -0.3 is 104 Å². The number of ether oxygens (including phenoxy) is 9. The summed E-state index contributed by atoms with van der Waals surface area (Å²) in [5, 5.41) is 112. The highest BCUT2D eigenvalue weighted by molar-refractivity contribution is 5.73. The first-order valence-electron chi connectivity index (χ1n) is 18.6. The van der Waals surface area contributed by atoms with Crippen molar-refractivity contribution in [3.63, 3.8) is 0 Å². The Morgan fingerprint density at radius 3 is 1.52 bits per heavy atom. The van der Waals surface area contributed by atoms with E-state index < -0.39 is 154 Å². The van der Waals surface area contributed by atoms with Crippen LogP contribution in [0.2, 0.25) is 0 Å². The van der Waals surface area contributed by atoms with Gasteiger partial charge in [-0.05, 0) is 31.2 Å². The monoisotopic (exact) mass is 838 g/mol. The van der Waals surface area contributed by atoms with Crippen molar-refractivity contribution in [2.45, 2.75) is 143 Å². The van der Waals surface area contributed by atoms with Crippen LogP contribution < -0.4 is 20.1 Å². The molecule has 20 atom stereocenters. The number of aliphatic hydroxyl groups is 10. The molecule has 0 bridgehead atoms. The summed E-state index contributed by atoms with van der Waals surface area (Å²) in [5.74, 6) is -0.653. The molecule has 0 radical (unpaired) electrons. The van der Waals surface area contributed by atoms with E-state index in [9.17, 15) is 60.7 Å². The van der Waals surface area contributed by atoms with Gasteiger partial charge in [-0.3, -0.25) is 9.59 Å². The molecule has 4 aliphatic heterocycles. The molecule has 23 nitrogen and oxygen atoms in total. The van der Waals surface area contributed by atoms with Crippen LogP contribution in [0.4, 0.5) is 0 Å². The number of hydrogen-bond acceptors (Lipinski definition) is 21. The maximum Gasteiger partial charge on any atom is 0.223 e. The normalized spacial score (nSPS) is 43.3. The van der Waals surface area contributed by atoms with Crippen molar-refractivity contribution in [2.24, 2.45) is 0 Å². The maximum atomic E-state index is 12.7. The minimum Gasteiger partial charge on any atom is -0.497 e. The van der Waals surface area contributed by atoms with E-state index in [0.717, 1.165) is 6.92 Å². The Bertz CT molecular complexity index is 1480. The predicted molar refractivity (Wildman–Crippen MR) is 187 cm³/mol. The van der Waals surface area contributed by atoms with E-state index in [4.69, 9.17) is 42.6 Å². The number of rotatable bonds is 14. The van der Waals surface area contributed by atoms with E-state index >= 15 is 0 Å². The summed E-state index contributed by atoms with van der Waals surface area (Å²) < 4.78 is 52.4. The van der Waals surface area contributed by atoms with Crippen LogP contribution in [0.25, 0.3) is 0 Å². The van der Waals surface area contributed by atoms with Crippen molar-refractivity contribution >= 4 is 11.8 Å². The molecule has 4 aliphatic rings. The molecule has 5 rings (SSSR count). The van der Waals surface area contributed by atoms with Gasteiger partial charge in [0, 0.05) is 13.8 Å². The molecule has 0 unspecified atom stereocenters. The number of aliphatic hydroxyl groups excluding tert-OH is 10. The van der Waals surface area contributed by atoms with Crippen LogP contribution in [0, 0.1) is 0 Å². The molecule has 1 aromatic carbocycles. The Kier molecular flexibility index (Phi) is 16.0. The Hall–Kier alpha value is -2.92. The summed E-state index contributed by atoms with van der Waals surface area (Å²) in [7, 11) is 1.46. The number of nitrogens with one attached hydrogen (secondary N) is 2. The van der Waals surface area contributed by atoms with E-state index in [1.165, 1.54) is 33.1 Å². The van der Waals surface area contributed by atoms with E-state index in [2.05, 4.69) is 10.6 Å². The molecule has 1 aromatic rings. The van der Waals surface area contributed by atoms with Crippen LogP contribution >= 0.6 is 0 Å². The van der Waals surface area contributed by atoms with Crippen LogP contribution in [-0.4, -0.2) is 213 Å². The molecule has 330 valence electrons. The number of benzene rings is 1. The topological polar surface area (TPSA) is 344 Å². The minimum atomic E-state index is -1.96. The van der Waals surface area contributed by atoms with Crippen molar-refractivity contribution in [3.05, 3.63) is 24.3 Å². The van der Waals surface area contributed by atoms with Gasteiger partial charge in [-0.2, -0.15) is 0 Å². The van der Waals surface area contributed by atoms with Crippen LogP contribution in [0.3, 0.4) is 0 Å². The number of hydrogen-bond donors (Lipinski definition) is 12. The molecule has 0 spiro atoms. The van der Waals surface area contributed by atoms with Crippen LogP contribution in [0.15, 0.2) is 24.3 Å². The van der Waals surface area contributed by atoms with Crippen LogP contribution in [0.1, 0.15) is 20.8 Å². The summed E-state index contributed by atoms with van der Waals surface area (Å²) in [6.07, 6.45) is -30.2. The van der Waals surface area contributed by atoms with Gasteiger partial charge in [-0.1, -0.05) is 0 Å². The minimum absolute atomic E-state index is 0.221. The van der Waals surface area contributed by atoms with Gasteiger partial charge in [0.1, 0.15) is 103 Å². The standard InChI is InChI=1S/C35H54N2O21/c1-12-22(43)26(47)28(49)34(51-12)58-31-27(48)23(44)17(9-38)55-35(31)57-30-21(37-14(3)42)33(54-19(11-40)25(30)46)56-29-20(36-13(2)41)32(53-18(10-39)24(29)45)52-16-7-5-15(50-4)6-8-16/h5-8,12,17-35,38-40,43-49H,9-11H2,1-4H3,(H,36,41)(H,37,42)/t12-,17+,18+,19+,20+,21+,22+,23-,24-,25-,26+,27-,28-,29+,30+,31+,32-,33+,34-,35-/m0/s1. The Morgan fingerprint density at radius 2 is 1.00 bits per heavy atom. The fourth-order valence-corrected chi connectivity index (χ4v) is 7.14. The van der Waals surface area contributed by atoms with Gasteiger partial charge in [0.2, 0.25) is 18.1 Å². The lowest BCUT2D eigenvalue weighted by atomic mass is 9.93. The Morgan fingerprint density at radius 1 is 0.552 bits per heavy atom. The average molecular weight is 839 g/mol. The lowest BCUT2D eigenvalue weighted by molar-refractivity contribution is -0.384. The third-order valence-electron chi connectivity index (χ3n) is 10.3. The molecular weight excluding hydrogens is 784 g/mol. The van der Waals surface area contributed by atoms with Gasteiger partial charge in [0.05, 0.1) is 33.0 Å². The second-order valence-electron chi connectivity index (χ2n) is 14.4. The van der Waals surface area contributed by atoms with Crippen molar-refractivity contribution < 1.29 is 103 Å². The predicted octanol–water partition coefficient (Wildman–Crippen LogP) is -6.34. The molecule has 12 N–H and O–H groups in total. The summed E-state index contributed by atoms with van der Waals surface area (Å²) in [4.78, 5) is 25.2. The Labute approximate surface area is 331 Å². The molecule has 0 aromatic heterocycles. The van der Waals surface area contributed by atoms with Gasteiger partial charge in [0.15, 0.2) is 18.9 Å². The van der Waals surface area contributed by atoms with Gasteiger partial charge >= 0.3 is 0 Å². The molecule has 23 heteroatoms. The first-order valence-corrected chi connectivity index (χ1v) is 18.6. The zero-order valence-electron chi connectivity index (χ0n) is 31.9. The number of methoxy groups -OCH3 is 1. The molecular formula is C35H54N2O21. The van der Waals surface area contributed by atoms with E-state index in [1.54, 1.807) is 12.1 Å². The molecule has 2 amide bonds. The summed E-state index contributed by atoms with van der Waals surface area (Å²) in [5.41, 5.74) is 0. The van der Waals surface area contributed by atoms with Crippen molar-refractivity contribution in [2.75, 3.05) is 26.9 Å². The Balaban J connectivity index is 1.48. The fourth-order valence-electron chi connectivity index (χ4n) is 7.14. The fraction of sp³-hybridized carbons (Fsp3) is 0.771. The zero-order valence-corrected chi connectivity index (χ0v) is 31.9. The first-order chi connectivity index (χ1) is 27.5. The molecule has 0 saturated carbocycles. The number of carbonyl (C=O) groups is 2. The van der Waals surface area contributed by atoms with E-state index in [1.807, 2.05) is 0 Å². The van der Waals surface area contributed by atoms with Crippen LogP contribution in [-0.2, 0) is 42.7 Å². The SMILES string of the molecule is COc1ccc(O[C@H]2O[C@H](CO)[C@H](O)[C@H](O[C@H]3O[C@H](CO)[C@H](O)[C@H](O[C@@H]4O[C@H](CO)[C@H](O)[C@H](O)[C@H]4O[C@@H]4O[C@@H](C)[C@@H](O)[C@@H](O)[C@@H]4O)[C@H]3NC(C)=O)[C@H]2NC(C)=O)cc1. The molecule has 4 fully saturated rings. The van der Waals surface area contributed by atoms with Gasteiger partial charge in [-0.15, -0.1) is 0 Å². The lowest BCUT2D eigenvalue weighted by Gasteiger charge is -2.50. The second kappa shape index (κ2) is 20.1. The molecule has 58 heavy (non-hydrogen) atoms. The molecule has 0 aliphatic carbocycles. The largest absolute Gasteiger partial charge is 0.497 e. The quantitative estimate of drug-likeness (QED) is 0.0829. The van der Waals surface area contributed by atoms with E-state index in [-0.39, 0.29) is 5.75 Å². The second-order valence-corrected chi connectivity index (χ2v) is 14.4. The highest BCUT2D eigenvalue weighted by atomic mass is 16.8. The zero-order chi connectivity index (χ0) is 42.6. The highest BCUT2D eigenvalue weighted by Gasteiger charge is 2.56. The maximum absolute atomic E-state index is 12.7. The van der Waals surface area contributed by atoms with Crippen LogP contribution in [0.5, 0.6) is 11.5 Å². The average Bonchev–Trinajstić information content (AvgIpc) is 3.19. The summed E-state index contributed by atoms with van der Waals surface area (Å²) >= 11 is 0. The van der Waals surface area contributed by atoms with E-state index in [0.29, 0.717) is 5.75 Å². The van der Waals surface area contributed by atoms with Crippen molar-refractivity contribution in [1.29, 1.82) is 0 Å². The molecule has 4 heterocycles. The number of carbonyl (C=O) groups excluding carboxylic acids is 2. The third kappa shape index (κ3) is 10.2. The highest BCUT2D eigenvalue weighted by Crippen LogP contribution is 2.35. The summed E-state index contributed by atoms with van der Waals surface area (Å²) in [6.45, 7) is 1.09. The van der Waals surface area contributed by atoms with Gasteiger partial charge in [0.25, 0.3) is 0 Å². The van der Waals surface area contributed by atoms with Crippen molar-refractivity contribution in [1.82, 2.24) is 10.6 Å². The lowest BCUT2D eigenvalue weighted by Crippen LogP contribution is -2.71. The van der Waals surface area contributed by atoms with Crippen molar-refractivity contribution in [3.8, 4) is 11.5 Å². The summed E-state index contributed by atoms with van der Waals surface area (Å²) in [6, 6.07) is 3.26. The molecule has 4 saturated heterocycles. The first kappa shape index (κ1) is 46.2. The number of amides is 2. The van der Waals surface area contributed by atoms with Gasteiger partial charge in [-0.25, -0.2) is 0 Å². The third-order valence-corrected chi connectivity index (χ3v) is 10.3.